The van der Waals surface area contributed by atoms with Gasteiger partial charge in [-0.05, 0) is 30.6 Å². The molecule has 3 heteroatoms. The first kappa shape index (κ1) is 14.0. The van der Waals surface area contributed by atoms with E-state index < -0.39 is 0 Å². The standard InChI is InChI=1S/C13H24BrNO/c1-13(2,3)11(7-8-14)15-12(16)9-10-5-4-6-10/h10-11H,4-9H2,1-3H3,(H,15,16). The van der Waals surface area contributed by atoms with Crippen molar-refractivity contribution in [3.63, 3.8) is 0 Å². The van der Waals surface area contributed by atoms with Gasteiger partial charge in [-0.2, -0.15) is 0 Å². The summed E-state index contributed by atoms with van der Waals surface area (Å²) in [4.78, 5) is 11.9. The van der Waals surface area contributed by atoms with Crippen LogP contribution in [0.5, 0.6) is 0 Å². The van der Waals surface area contributed by atoms with Crippen LogP contribution in [0.4, 0.5) is 0 Å². The van der Waals surface area contributed by atoms with Crippen molar-refractivity contribution in [2.45, 2.75) is 58.9 Å². The molecule has 0 aromatic heterocycles. The number of hydrogen-bond acceptors (Lipinski definition) is 1. The van der Waals surface area contributed by atoms with Gasteiger partial charge in [-0.1, -0.05) is 43.1 Å². The number of alkyl halides is 1. The van der Waals surface area contributed by atoms with Gasteiger partial charge < -0.3 is 5.32 Å². The summed E-state index contributed by atoms with van der Waals surface area (Å²) in [6, 6.07) is 0.277. The summed E-state index contributed by atoms with van der Waals surface area (Å²) in [6.45, 7) is 6.55. The van der Waals surface area contributed by atoms with Crippen LogP contribution in [0.2, 0.25) is 0 Å². The Morgan fingerprint density at radius 1 is 1.44 bits per heavy atom. The van der Waals surface area contributed by atoms with E-state index in [1.165, 1.54) is 19.3 Å². The number of halogens is 1. The van der Waals surface area contributed by atoms with Gasteiger partial charge in [0.05, 0.1) is 0 Å². The van der Waals surface area contributed by atoms with Gasteiger partial charge in [0.1, 0.15) is 0 Å². The van der Waals surface area contributed by atoms with Crippen molar-refractivity contribution in [2.75, 3.05) is 5.33 Å². The van der Waals surface area contributed by atoms with Crippen molar-refractivity contribution in [1.29, 1.82) is 0 Å². The minimum Gasteiger partial charge on any atom is -0.353 e. The quantitative estimate of drug-likeness (QED) is 0.772. The van der Waals surface area contributed by atoms with Crippen molar-refractivity contribution in [2.24, 2.45) is 11.3 Å². The van der Waals surface area contributed by atoms with Crippen molar-refractivity contribution in [3.8, 4) is 0 Å². The highest BCUT2D eigenvalue weighted by Gasteiger charge is 2.27. The highest BCUT2D eigenvalue weighted by molar-refractivity contribution is 9.09. The third-order valence-electron chi connectivity index (χ3n) is 3.48. The maximum absolute atomic E-state index is 11.9. The first-order valence-corrected chi connectivity index (χ1v) is 7.41. The van der Waals surface area contributed by atoms with Crippen LogP contribution in [0.1, 0.15) is 52.9 Å². The molecule has 1 amide bonds. The highest BCUT2D eigenvalue weighted by Crippen LogP contribution is 2.29. The molecule has 1 unspecified atom stereocenters. The van der Waals surface area contributed by atoms with E-state index in [1.54, 1.807) is 0 Å². The SMILES string of the molecule is CC(C)(C)C(CCBr)NC(=O)CC1CCC1. The predicted molar refractivity (Wildman–Crippen MR) is 71.8 cm³/mol. The summed E-state index contributed by atoms with van der Waals surface area (Å²) in [6.07, 6.45) is 5.52. The van der Waals surface area contributed by atoms with E-state index in [-0.39, 0.29) is 17.4 Å². The lowest BCUT2D eigenvalue weighted by atomic mass is 9.82. The molecule has 1 aliphatic carbocycles. The zero-order valence-electron chi connectivity index (χ0n) is 10.7. The third-order valence-corrected chi connectivity index (χ3v) is 3.94. The monoisotopic (exact) mass is 289 g/mol. The van der Waals surface area contributed by atoms with Gasteiger partial charge in [0.15, 0.2) is 0 Å². The van der Waals surface area contributed by atoms with E-state index in [4.69, 9.17) is 0 Å². The minimum absolute atomic E-state index is 0.142. The van der Waals surface area contributed by atoms with Crippen LogP contribution in [-0.4, -0.2) is 17.3 Å². The number of nitrogens with one attached hydrogen (secondary N) is 1. The zero-order valence-corrected chi connectivity index (χ0v) is 12.3. The van der Waals surface area contributed by atoms with Crippen LogP contribution < -0.4 is 5.32 Å². The second kappa shape index (κ2) is 6.04. The Balaban J connectivity index is 2.37. The second-order valence-corrected chi connectivity index (χ2v) is 6.76. The van der Waals surface area contributed by atoms with Crippen molar-refractivity contribution < 1.29 is 4.79 Å². The molecule has 1 atom stereocenters. The largest absolute Gasteiger partial charge is 0.353 e. The molecule has 1 saturated carbocycles. The van der Waals surface area contributed by atoms with Crippen LogP contribution in [0.25, 0.3) is 0 Å². The average molecular weight is 290 g/mol. The molecule has 2 nitrogen and oxygen atoms in total. The number of carbonyl (C=O) groups is 1. The molecule has 0 aliphatic heterocycles. The first-order chi connectivity index (χ1) is 7.43. The van der Waals surface area contributed by atoms with E-state index in [2.05, 4.69) is 42.0 Å². The summed E-state index contributed by atoms with van der Waals surface area (Å²) < 4.78 is 0. The second-order valence-electron chi connectivity index (χ2n) is 5.96. The number of rotatable bonds is 5. The Kier molecular flexibility index (Phi) is 5.29. The average Bonchev–Trinajstić information content (AvgIpc) is 2.09. The van der Waals surface area contributed by atoms with Gasteiger partial charge in [0.2, 0.25) is 5.91 Å². The molecule has 0 radical (unpaired) electrons. The van der Waals surface area contributed by atoms with Gasteiger partial charge in [0, 0.05) is 17.8 Å². The molecule has 0 heterocycles. The molecule has 1 rings (SSSR count). The number of hydrogen-bond donors (Lipinski definition) is 1. The maximum Gasteiger partial charge on any atom is 0.220 e. The molecule has 0 bridgehead atoms. The maximum atomic E-state index is 11.9. The molecule has 0 spiro atoms. The summed E-state index contributed by atoms with van der Waals surface area (Å²) in [5.41, 5.74) is 0.142. The van der Waals surface area contributed by atoms with Gasteiger partial charge in [-0.25, -0.2) is 0 Å². The molecule has 16 heavy (non-hydrogen) atoms. The van der Waals surface area contributed by atoms with E-state index in [9.17, 15) is 4.79 Å². The summed E-state index contributed by atoms with van der Waals surface area (Å²) in [5.74, 6) is 0.898. The molecule has 94 valence electrons. The zero-order chi connectivity index (χ0) is 12.2. The van der Waals surface area contributed by atoms with E-state index in [0.717, 1.165) is 18.2 Å². The Bertz CT molecular complexity index is 231. The molecule has 0 aromatic rings. The summed E-state index contributed by atoms with van der Waals surface area (Å²) >= 11 is 3.46. The van der Waals surface area contributed by atoms with Gasteiger partial charge in [-0.15, -0.1) is 0 Å². The lowest BCUT2D eigenvalue weighted by molar-refractivity contribution is -0.124. The van der Waals surface area contributed by atoms with E-state index in [0.29, 0.717) is 5.92 Å². The fourth-order valence-corrected chi connectivity index (χ4v) is 2.50. The highest BCUT2D eigenvalue weighted by atomic mass is 79.9. The third kappa shape index (κ3) is 4.44. The van der Waals surface area contributed by atoms with Crippen LogP contribution in [0.3, 0.4) is 0 Å². The Morgan fingerprint density at radius 3 is 2.44 bits per heavy atom. The normalized spacial score (nSPS) is 19.0. The Hall–Kier alpha value is -0.0500. The predicted octanol–water partition coefficient (Wildman–Crippen LogP) is 3.49. The van der Waals surface area contributed by atoms with Crippen LogP contribution >= 0.6 is 15.9 Å². The molecule has 1 fully saturated rings. The molecular weight excluding hydrogens is 266 g/mol. The topological polar surface area (TPSA) is 29.1 Å². The Labute approximate surface area is 108 Å². The first-order valence-electron chi connectivity index (χ1n) is 6.29. The molecule has 1 aliphatic rings. The lowest BCUT2D eigenvalue weighted by Gasteiger charge is -2.32. The van der Waals surface area contributed by atoms with Gasteiger partial charge in [0.25, 0.3) is 0 Å². The summed E-state index contributed by atoms with van der Waals surface area (Å²) in [7, 11) is 0. The van der Waals surface area contributed by atoms with Crippen molar-refractivity contribution in [3.05, 3.63) is 0 Å². The van der Waals surface area contributed by atoms with E-state index >= 15 is 0 Å². The molecule has 0 aromatic carbocycles. The van der Waals surface area contributed by atoms with Crippen molar-refractivity contribution >= 4 is 21.8 Å². The van der Waals surface area contributed by atoms with Gasteiger partial charge >= 0.3 is 0 Å². The minimum atomic E-state index is 0.142. The molecule has 1 N–H and O–H groups in total. The Morgan fingerprint density at radius 2 is 2.06 bits per heavy atom. The summed E-state index contributed by atoms with van der Waals surface area (Å²) in [5, 5.41) is 4.13. The smallest absolute Gasteiger partial charge is 0.220 e. The van der Waals surface area contributed by atoms with E-state index in [1.807, 2.05) is 0 Å². The van der Waals surface area contributed by atoms with Crippen LogP contribution in [-0.2, 0) is 4.79 Å². The fraction of sp³-hybridized carbons (Fsp3) is 0.923. The number of carbonyl (C=O) groups excluding carboxylic acids is 1. The van der Waals surface area contributed by atoms with Crippen molar-refractivity contribution in [1.82, 2.24) is 5.32 Å². The van der Waals surface area contributed by atoms with Gasteiger partial charge in [-0.3, -0.25) is 4.79 Å². The van der Waals surface area contributed by atoms with Crippen LogP contribution in [0.15, 0.2) is 0 Å². The van der Waals surface area contributed by atoms with Crippen LogP contribution in [0, 0.1) is 11.3 Å². The fourth-order valence-electron chi connectivity index (χ4n) is 2.04. The molecular formula is C13H24BrNO. The molecule has 0 saturated heterocycles. The lowest BCUT2D eigenvalue weighted by Crippen LogP contribution is -2.44. The number of amides is 1.